The van der Waals surface area contributed by atoms with Crippen molar-refractivity contribution in [2.45, 2.75) is 6.18 Å². The molecule has 0 saturated carbocycles. The summed E-state index contributed by atoms with van der Waals surface area (Å²) >= 11 is 0. The average molecular weight is 488 g/mol. The van der Waals surface area contributed by atoms with Crippen molar-refractivity contribution < 1.29 is 27.8 Å². The zero-order valence-electron chi connectivity index (χ0n) is 19.0. The van der Waals surface area contributed by atoms with Crippen LogP contribution in [-0.4, -0.2) is 27.7 Å². The summed E-state index contributed by atoms with van der Waals surface area (Å²) in [6.45, 7) is 0. The number of alkyl halides is 3. The van der Waals surface area contributed by atoms with Crippen LogP contribution in [0.1, 0.15) is 15.9 Å². The molecule has 0 saturated heterocycles. The summed E-state index contributed by atoms with van der Waals surface area (Å²) in [6.07, 6.45) is -0.946. The highest BCUT2D eigenvalue weighted by atomic mass is 19.4. The van der Waals surface area contributed by atoms with Crippen LogP contribution in [0.15, 0.2) is 91.3 Å². The fourth-order valence-corrected chi connectivity index (χ4v) is 4.11. The number of hydrogen-bond acceptors (Lipinski definition) is 3. The maximum Gasteiger partial charge on any atom is 0.416 e. The maximum atomic E-state index is 13.1. The van der Waals surface area contributed by atoms with E-state index in [1.807, 2.05) is 41.1 Å². The summed E-state index contributed by atoms with van der Waals surface area (Å²) in [7, 11) is 1.57. The lowest BCUT2D eigenvalue weighted by atomic mass is 10.0. The Morgan fingerprint density at radius 3 is 2.28 bits per heavy atom. The van der Waals surface area contributed by atoms with Crippen LogP contribution in [0.25, 0.3) is 39.0 Å². The number of fused-ring (bicyclic) bond motifs is 1. The molecule has 5 nitrogen and oxygen atoms in total. The van der Waals surface area contributed by atoms with Gasteiger partial charge >= 0.3 is 12.1 Å². The van der Waals surface area contributed by atoms with Crippen molar-refractivity contribution in [1.82, 2.24) is 9.55 Å². The van der Waals surface area contributed by atoms with E-state index in [-0.39, 0.29) is 5.56 Å². The van der Waals surface area contributed by atoms with E-state index in [1.165, 1.54) is 18.2 Å². The van der Waals surface area contributed by atoms with Crippen LogP contribution in [0.3, 0.4) is 0 Å². The first-order valence-corrected chi connectivity index (χ1v) is 10.9. The number of carbonyl (C=O) groups is 1. The highest BCUT2D eigenvalue weighted by Crippen LogP contribution is 2.36. The Balaban J connectivity index is 1.70. The highest BCUT2D eigenvalue weighted by Gasteiger charge is 2.30. The lowest BCUT2D eigenvalue weighted by Gasteiger charge is -2.08. The number of halogens is 3. The second kappa shape index (κ2) is 8.88. The van der Waals surface area contributed by atoms with Crippen molar-refractivity contribution in [3.63, 3.8) is 0 Å². The Labute approximate surface area is 204 Å². The number of carboxylic acid groups (broad SMARTS) is 1. The van der Waals surface area contributed by atoms with E-state index in [2.05, 4.69) is 4.98 Å². The van der Waals surface area contributed by atoms with Crippen LogP contribution in [-0.2, 0) is 6.18 Å². The van der Waals surface area contributed by atoms with Gasteiger partial charge in [0, 0.05) is 34.6 Å². The first-order chi connectivity index (χ1) is 17.2. The summed E-state index contributed by atoms with van der Waals surface area (Å²) in [5, 5.41) is 10.1. The van der Waals surface area contributed by atoms with Crippen LogP contribution in [0, 0.1) is 0 Å². The molecule has 8 heteroatoms. The molecule has 2 heterocycles. The smallest absolute Gasteiger partial charge is 0.416 e. The van der Waals surface area contributed by atoms with Crippen LogP contribution < -0.4 is 4.74 Å². The van der Waals surface area contributed by atoms with Gasteiger partial charge in [-0.2, -0.15) is 13.2 Å². The van der Waals surface area contributed by atoms with E-state index >= 15 is 0 Å². The Morgan fingerprint density at radius 2 is 1.64 bits per heavy atom. The van der Waals surface area contributed by atoms with Crippen LogP contribution in [0.2, 0.25) is 0 Å². The fourth-order valence-electron chi connectivity index (χ4n) is 4.11. The Bertz CT molecular complexity index is 1570. The molecule has 36 heavy (non-hydrogen) atoms. The molecule has 0 radical (unpaired) electrons. The Hall–Kier alpha value is -4.59. The lowest BCUT2D eigenvalue weighted by Crippen LogP contribution is -2.03. The van der Waals surface area contributed by atoms with E-state index < -0.39 is 17.7 Å². The third kappa shape index (κ3) is 4.29. The van der Waals surface area contributed by atoms with Gasteiger partial charge in [0.1, 0.15) is 11.4 Å². The normalized spacial score (nSPS) is 11.6. The second-order valence-electron chi connectivity index (χ2n) is 8.17. The number of nitrogens with zero attached hydrogens (tertiary/aromatic N) is 2. The van der Waals surface area contributed by atoms with E-state index in [0.29, 0.717) is 39.0 Å². The number of rotatable bonds is 5. The lowest BCUT2D eigenvalue weighted by molar-refractivity contribution is -0.137. The van der Waals surface area contributed by atoms with Gasteiger partial charge in [-0.05, 0) is 65.7 Å². The van der Waals surface area contributed by atoms with Crippen LogP contribution in [0.4, 0.5) is 13.2 Å². The number of ether oxygens (including phenoxy) is 1. The number of pyridine rings is 1. The first kappa shape index (κ1) is 23.2. The molecular weight excluding hydrogens is 469 g/mol. The molecule has 2 aromatic heterocycles. The molecule has 5 rings (SSSR count). The molecule has 0 bridgehead atoms. The zero-order valence-corrected chi connectivity index (χ0v) is 19.0. The van der Waals surface area contributed by atoms with Crippen LogP contribution in [0.5, 0.6) is 5.75 Å². The molecule has 0 spiro atoms. The molecule has 0 fully saturated rings. The quantitative estimate of drug-likeness (QED) is 0.287. The van der Waals surface area contributed by atoms with Gasteiger partial charge in [-0.1, -0.05) is 24.3 Å². The monoisotopic (exact) mass is 488 g/mol. The highest BCUT2D eigenvalue weighted by molar-refractivity contribution is 5.97. The van der Waals surface area contributed by atoms with E-state index in [1.54, 1.807) is 31.5 Å². The molecule has 1 N–H and O–H groups in total. The SMILES string of the molecule is COc1ccc(-n2cc(-c3ccc(C(F)(F)F)cc3)c3cc(-c4cccc(C(=O)O)c4)cnc32)cc1. The third-order valence-corrected chi connectivity index (χ3v) is 5.96. The number of methoxy groups -OCH3 is 1. The minimum atomic E-state index is -4.43. The van der Waals surface area contributed by atoms with Gasteiger partial charge in [0.2, 0.25) is 0 Å². The van der Waals surface area contributed by atoms with Gasteiger partial charge < -0.3 is 14.4 Å². The number of carboxylic acids is 1. The predicted octanol–water partition coefficient (Wildman–Crippen LogP) is 7.09. The molecule has 0 aliphatic carbocycles. The second-order valence-corrected chi connectivity index (χ2v) is 8.17. The summed E-state index contributed by atoms with van der Waals surface area (Å²) in [6, 6.07) is 20.7. The van der Waals surface area contributed by atoms with Crippen molar-refractivity contribution in [3.05, 3.63) is 102 Å². The van der Waals surface area contributed by atoms with Crippen molar-refractivity contribution in [3.8, 4) is 33.7 Å². The predicted molar refractivity (Wildman–Crippen MR) is 130 cm³/mol. The van der Waals surface area contributed by atoms with Gasteiger partial charge in [0.25, 0.3) is 0 Å². The summed E-state index contributed by atoms with van der Waals surface area (Å²) in [5.41, 5.74) is 3.46. The largest absolute Gasteiger partial charge is 0.497 e. The first-order valence-electron chi connectivity index (χ1n) is 10.9. The molecule has 0 unspecified atom stereocenters. The van der Waals surface area contributed by atoms with Crippen LogP contribution >= 0.6 is 0 Å². The molecule has 0 atom stereocenters. The summed E-state index contributed by atoms with van der Waals surface area (Å²) in [4.78, 5) is 16.1. The third-order valence-electron chi connectivity index (χ3n) is 5.96. The van der Waals surface area contributed by atoms with Crippen molar-refractivity contribution in [2.24, 2.45) is 0 Å². The number of aromatic nitrogens is 2. The average Bonchev–Trinajstić information content (AvgIpc) is 3.27. The van der Waals surface area contributed by atoms with Gasteiger partial charge in [-0.15, -0.1) is 0 Å². The Morgan fingerprint density at radius 1 is 0.917 bits per heavy atom. The molecule has 0 amide bonds. The van der Waals surface area contributed by atoms with Gasteiger partial charge in [0.05, 0.1) is 18.2 Å². The Kier molecular flexibility index (Phi) is 5.72. The zero-order chi connectivity index (χ0) is 25.4. The van der Waals surface area contributed by atoms with Crippen molar-refractivity contribution in [1.29, 1.82) is 0 Å². The van der Waals surface area contributed by atoms with Crippen molar-refractivity contribution >= 4 is 17.0 Å². The molecule has 3 aromatic carbocycles. The minimum absolute atomic E-state index is 0.145. The number of benzene rings is 3. The topological polar surface area (TPSA) is 64.3 Å². The standard InChI is InChI=1S/C28H19F3N2O3/c1-36-23-11-9-22(10-12-23)33-16-25(17-5-7-21(8-6-17)28(29,30)31)24-14-20(15-32-26(24)33)18-3-2-4-19(13-18)27(34)35/h2-16H,1H3,(H,34,35). The summed E-state index contributed by atoms with van der Waals surface area (Å²) in [5.74, 6) is -0.353. The fraction of sp³-hybridized carbons (Fsp3) is 0.0714. The minimum Gasteiger partial charge on any atom is -0.497 e. The maximum absolute atomic E-state index is 13.1. The van der Waals surface area contributed by atoms with Gasteiger partial charge in [-0.25, -0.2) is 9.78 Å². The molecule has 5 aromatic rings. The summed E-state index contributed by atoms with van der Waals surface area (Å²) < 4.78 is 46.5. The van der Waals surface area contributed by atoms with Gasteiger partial charge in [0.15, 0.2) is 0 Å². The van der Waals surface area contributed by atoms with E-state index in [4.69, 9.17) is 4.74 Å². The molecule has 0 aliphatic heterocycles. The number of hydrogen-bond donors (Lipinski definition) is 1. The molecular formula is C28H19F3N2O3. The van der Waals surface area contributed by atoms with E-state index in [9.17, 15) is 23.1 Å². The van der Waals surface area contributed by atoms with E-state index in [0.717, 1.165) is 17.8 Å². The molecule has 180 valence electrons. The van der Waals surface area contributed by atoms with Gasteiger partial charge in [-0.3, -0.25) is 0 Å². The number of aromatic carboxylic acids is 1. The molecule has 0 aliphatic rings. The van der Waals surface area contributed by atoms with Crippen molar-refractivity contribution in [2.75, 3.05) is 7.11 Å².